The second kappa shape index (κ2) is 6.52. The SMILES string of the molecule is Cc1ccc(-c2c(CC(C)C)[nH]n(-c3cccc(C)c3)c2=O)cc1. The summed E-state index contributed by atoms with van der Waals surface area (Å²) in [7, 11) is 0. The predicted octanol–water partition coefficient (Wildman–Crippen LogP) is 4.65. The molecule has 3 heteroatoms. The summed E-state index contributed by atoms with van der Waals surface area (Å²) in [5.74, 6) is 0.471. The van der Waals surface area contributed by atoms with Gasteiger partial charge >= 0.3 is 0 Å². The second-order valence-corrected chi connectivity index (χ2v) is 6.91. The molecule has 0 aliphatic carbocycles. The van der Waals surface area contributed by atoms with Crippen molar-refractivity contribution in [2.75, 3.05) is 0 Å². The normalized spacial score (nSPS) is 11.2. The van der Waals surface area contributed by atoms with E-state index in [0.717, 1.165) is 34.5 Å². The summed E-state index contributed by atoms with van der Waals surface area (Å²) in [5, 5.41) is 3.34. The Balaban J connectivity index is 2.19. The van der Waals surface area contributed by atoms with Crippen LogP contribution in [0, 0.1) is 19.8 Å². The zero-order valence-corrected chi connectivity index (χ0v) is 14.8. The highest BCUT2D eigenvalue weighted by Crippen LogP contribution is 2.23. The van der Waals surface area contributed by atoms with Crippen LogP contribution in [0.25, 0.3) is 16.8 Å². The molecule has 1 aromatic heterocycles. The first-order chi connectivity index (χ1) is 11.5. The molecule has 1 N–H and O–H groups in total. The van der Waals surface area contributed by atoms with Gasteiger partial charge in [0.15, 0.2) is 0 Å². The van der Waals surface area contributed by atoms with Crippen LogP contribution in [0.2, 0.25) is 0 Å². The highest BCUT2D eigenvalue weighted by atomic mass is 16.1. The van der Waals surface area contributed by atoms with E-state index in [2.05, 4.69) is 38.0 Å². The minimum absolute atomic E-state index is 0.0140. The number of hydrogen-bond donors (Lipinski definition) is 1. The minimum Gasteiger partial charge on any atom is -0.294 e. The first-order valence-corrected chi connectivity index (χ1v) is 8.43. The predicted molar refractivity (Wildman–Crippen MR) is 99.8 cm³/mol. The molecule has 0 aliphatic heterocycles. The van der Waals surface area contributed by atoms with Crippen LogP contribution in [0.5, 0.6) is 0 Å². The molecular formula is C21H24N2O. The molecule has 0 saturated heterocycles. The minimum atomic E-state index is 0.0140. The van der Waals surface area contributed by atoms with Crippen LogP contribution < -0.4 is 5.56 Å². The van der Waals surface area contributed by atoms with Gasteiger partial charge in [-0.1, -0.05) is 55.8 Å². The molecule has 3 nitrogen and oxygen atoms in total. The van der Waals surface area contributed by atoms with Crippen molar-refractivity contribution in [1.29, 1.82) is 0 Å². The monoisotopic (exact) mass is 320 g/mol. The first-order valence-electron chi connectivity index (χ1n) is 8.43. The molecule has 2 aromatic carbocycles. The number of aromatic nitrogens is 2. The van der Waals surface area contributed by atoms with Gasteiger partial charge in [0.2, 0.25) is 0 Å². The molecule has 0 saturated carbocycles. The Morgan fingerprint density at radius 1 is 1.00 bits per heavy atom. The van der Waals surface area contributed by atoms with Gasteiger partial charge in [-0.05, 0) is 49.4 Å². The van der Waals surface area contributed by atoms with E-state index in [4.69, 9.17) is 0 Å². The lowest BCUT2D eigenvalue weighted by Crippen LogP contribution is -2.15. The lowest BCUT2D eigenvalue weighted by Gasteiger charge is -2.06. The summed E-state index contributed by atoms with van der Waals surface area (Å²) in [6, 6.07) is 16.2. The molecule has 0 atom stereocenters. The Morgan fingerprint density at radius 3 is 2.33 bits per heavy atom. The van der Waals surface area contributed by atoms with Crippen molar-refractivity contribution in [1.82, 2.24) is 9.78 Å². The van der Waals surface area contributed by atoms with Crippen molar-refractivity contribution in [3.05, 3.63) is 75.7 Å². The van der Waals surface area contributed by atoms with Crippen LogP contribution >= 0.6 is 0 Å². The van der Waals surface area contributed by atoms with Crippen molar-refractivity contribution in [3.63, 3.8) is 0 Å². The van der Waals surface area contributed by atoms with Crippen molar-refractivity contribution in [2.24, 2.45) is 5.92 Å². The number of nitrogens with zero attached hydrogens (tertiary/aromatic N) is 1. The smallest absolute Gasteiger partial charge is 0.279 e. The number of aryl methyl sites for hydroxylation is 2. The summed E-state index contributed by atoms with van der Waals surface area (Å²) < 4.78 is 1.67. The molecule has 0 unspecified atom stereocenters. The maximum absolute atomic E-state index is 13.1. The summed E-state index contributed by atoms with van der Waals surface area (Å²) in [6.07, 6.45) is 0.845. The zero-order chi connectivity index (χ0) is 17.3. The van der Waals surface area contributed by atoms with Gasteiger partial charge in [-0.15, -0.1) is 0 Å². The van der Waals surface area contributed by atoms with Crippen molar-refractivity contribution >= 4 is 0 Å². The van der Waals surface area contributed by atoms with Crippen LogP contribution in [-0.4, -0.2) is 9.78 Å². The van der Waals surface area contributed by atoms with Gasteiger partial charge < -0.3 is 0 Å². The largest absolute Gasteiger partial charge is 0.294 e. The number of H-pyrrole nitrogens is 1. The third-order valence-electron chi connectivity index (χ3n) is 4.18. The molecule has 0 bridgehead atoms. The van der Waals surface area contributed by atoms with Gasteiger partial charge in [-0.25, -0.2) is 4.68 Å². The van der Waals surface area contributed by atoms with Gasteiger partial charge in [0, 0.05) is 5.69 Å². The van der Waals surface area contributed by atoms with Crippen molar-refractivity contribution < 1.29 is 0 Å². The van der Waals surface area contributed by atoms with Gasteiger partial charge in [-0.2, -0.15) is 0 Å². The lowest BCUT2D eigenvalue weighted by molar-refractivity contribution is 0.628. The van der Waals surface area contributed by atoms with Gasteiger partial charge in [-0.3, -0.25) is 9.89 Å². The first kappa shape index (κ1) is 16.3. The van der Waals surface area contributed by atoms with E-state index in [1.54, 1.807) is 4.68 Å². The fraction of sp³-hybridized carbons (Fsp3) is 0.286. The highest BCUT2D eigenvalue weighted by molar-refractivity contribution is 5.66. The van der Waals surface area contributed by atoms with Crippen molar-refractivity contribution in [2.45, 2.75) is 34.1 Å². The Hall–Kier alpha value is -2.55. The Morgan fingerprint density at radius 2 is 1.71 bits per heavy atom. The molecule has 3 aromatic rings. The number of nitrogens with one attached hydrogen (secondary N) is 1. The molecule has 1 heterocycles. The van der Waals surface area contributed by atoms with Crippen LogP contribution in [0.3, 0.4) is 0 Å². The summed E-state index contributed by atoms with van der Waals surface area (Å²) >= 11 is 0. The Kier molecular flexibility index (Phi) is 4.43. The number of aromatic amines is 1. The number of rotatable bonds is 4. The molecule has 24 heavy (non-hydrogen) atoms. The highest BCUT2D eigenvalue weighted by Gasteiger charge is 2.17. The standard InChI is InChI=1S/C21H24N2O/c1-14(2)12-19-20(17-10-8-15(3)9-11-17)21(24)23(22-19)18-7-5-6-16(4)13-18/h5-11,13-14,22H,12H2,1-4H3. The second-order valence-electron chi connectivity index (χ2n) is 6.91. The van der Waals surface area contributed by atoms with E-state index in [1.165, 1.54) is 5.56 Å². The molecule has 124 valence electrons. The molecule has 0 fully saturated rings. The number of hydrogen-bond acceptors (Lipinski definition) is 1. The average Bonchev–Trinajstić information content (AvgIpc) is 2.84. The number of benzene rings is 2. The maximum Gasteiger partial charge on any atom is 0.279 e. The van der Waals surface area contributed by atoms with Crippen LogP contribution in [0.4, 0.5) is 0 Å². The molecule has 0 spiro atoms. The van der Waals surface area contributed by atoms with E-state index in [-0.39, 0.29) is 5.56 Å². The molecule has 0 aliphatic rings. The van der Waals surface area contributed by atoms with E-state index in [1.807, 2.05) is 43.3 Å². The fourth-order valence-corrected chi connectivity index (χ4v) is 3.01. The topological polar surface area (TPSA) is 37.8 Å². The van der Waals surface area contributed by atoms with E-state index in [9.17, 15) is 4.79 Å². The van der Waals surface area contributed by atoms with E-state index < -0.39 is 0 Å². The van der Waals surface area contributed by atoms with Crippen LogP contribution in [-0.2, 0) is 6.42 Å². The molecule has 3 rings (SSSR count). The fourth-order valence-electron chi connectivity index (χ4n) is 3.01. The third-order valence-corrected chi connectivity index (χ3v) is 4.18. The molecule has 0 radical (unpaired) electrons. The Labute approximate surface area is 143 Å². The molecular weight excluding hydrogens is 296 g/mol. The van der Waals surface area contributed by atoms with E-state index in [0.29, 0.717) is 5.92 Å². The van der Waals surface area contributed by atoms with Crippen LogP contribution in [0.15, 0.2) is 53.3 Å². The summed E-state index contributed by atoms with van der Waals surface area (Å²) in [5.41, 5.74) is 5.98. The maximum atomic E-state index is 13.1. The van der Waals surface area contributed by atoms with Gasteiger partial charge in [0.1, 0.15) is 0 Å². The zero-order valence-electron chi connectivity index (χ0n) is 14.8. The van der Waals surface area contributed by atoms with Crippen LogP contribution in [0.1, 0.15) is 30.7 Å². The van der Waals surface area contributed by atoms with E-state index >= 15 is 0 Å². The third kappa shape index (κ3) is 3.21. The van der Waals surface area contributed by atoms with Gasteiger partial charge in [0.05, 0.1) is 11.3 Å². The summed E-state index contributed by atoms with van der Waals surface area (Å²) in [6.45, 7) is 8.43. The average molecular weight is 320 g/mol. The lowest BCUT2D eigenvalue weighted by atomic mass is 9.99. The summed E-state index contributed by atoms with van der Waals surface area (Å²) in [4.78, 5) is 13.1. The quantitative estimate of drug-likeness (QED) is 0.746. The Bertz CT molecular complexity index is 898. The molecule has 0 amide bonds. The van der Waals surface area contributed by atoms with Gasteiger partial charge in [0.25, 0.3) is 5.56 Å². The van der Waals surface area contributed by atoms with Crippen molar-refractivity contribution in [3.8, 4) is 16.8 Å².